The molecule has 0 unspecified atom stereocenters. The summed E-state index contributed by atoms with van der Waals surface area (Å²) in [5, 5.41) is 0. The standard InChI is InChI=1S/C19H13FN2/c20-14-7-5-6-13(12-14)15-8-1-2-9-16(15)19-21-17-10-3-4-11-18(17)22-19/h1-12H,(H,21,22). The first-order chi connectivity index (χ1) is 10.8. The second-order valence-corrected chi connectivity index (χ2v) is 5.16. The highest BCUT2D eigenvalue weighted by molar-refractivity contribution is 5.85. The van der Waals surface area contributed by atoms with Crippen molar-refractivity contribution < 1.29 is 4.39 Å². The van der Waals surface area contributed by atoms with E-state index in [0.29, 0.717) is 0 Å². The minimum atomic E-state index is -0.239. The number of imidazole rings is 1. The van der Waals surface area contributed by atoms with Gasteiger partial charge in [0.1, 0.15) is 11.6 Å². The number of nitrogens with one attached hydrogen (secondary N) is 1. The molecule has 0 bridgehead atoms. The monoisotopic (exact) mass is 288 g/mol. The van der Waals surface area contributed by atoms with Gasteiger partial charge in [-0.3, -0.25) is 0 Å². The number of fused-ring (bicyclic) bond motifs is 1. The Kier molecular flexibility index (Phi) is 2.97. The van der Waals surface area contributed by atoms with Crippen LogP contribution in [0, 0.1) is 5.82 Å². The Morgan fingerprint density at radius 3 is 2.36 bits per heavy atom. The second-order valence-electron chi connectivity index (χ2n) is 5.16. The molecular formula is C19H13FN2. The molecule has 1 heterocycles. The van der Waals surface area contributed by atoms with E-state index in [1.807, 2.05) is 54.6 Å². The van der Waals surface area contributed by atoms with Gasteiger partial charge in [-0.1, -0.05) is 48.5 Å². The maximum Gasteiger partial charge on any atom is 0.139 e. The normalized spacial score (nSPS) is 11.0. The molecule has 4 rings (SSSR count). The van der Waals surface area contributed by atoms with Crippen molar-refractivity contribution >= 4 is 11.0 Å². The second kappa shape index (κ2) is 5.11. The van der Waals surface area contributed by atoms with Crippen LogP contribution in [0.2, 0.25) is 0 Å². The summed E-state index contributed by atoms with van der Waals surface area (Å²) in [4.78, 5) is 7.97. The quantitative estimate of drug-likeness (QED) is 0.550. The van der Waals surface area contributed by atoms with Crippen LogP contribution < -0.4 is 0 Å². The fourth-order valence-electron chi connectivity index (χ4n) is 2.68. The fraction of sp³-hybridized carbons (Fsp3) is 0. The van der Waals surface area contributed by atoms with Gasteiger partial charge in [0, 0.05) is 5.56 Å². The lowest BCUT2D eigenvalue weighted by molar-refractivity contribution is 0.628. The number of H-pyrrole nitrogens is 1. The molecule has 0 atom stereocenters. The molecule has 0 spiro atoms. The number of aromatic amines is 1. The predicted octanol–water partition coefficient (Wildman–Crippen LogP) is 5.04. The Hall–Kier alpha value is -2.94. The zero-order valence-corrected chi connectivity index (χ0v) is 11.8. The highest BCUT2D eigenvalue weighted by Crippen LogP contribution is 2.31. The summed E-state index contributed by atoms with van der Waals surface area (Å²) in [5.74, 6) is 0.554. The molecule has 0 aliphatic carbocycles. The van der Waals surface area contributed by atoms with Crippen molar-refractivity contribution in [1.29, 1.82) is 0 Å². The number of hydrogen-bond acceptors (Lipinski definition) is 1. The number of rotatable bonds is 2. The maximum atomic E-state index is 13.5. The zero-order valence-electron chi connectivity index (χ0n) is 11.8. The molecule has 0 aliphatic rings. The summed E-state index contributed by atoms with van der Waals surface area (Å²) in [7, 11) is 0. The van der Waals surface area contributed by atoms with E-state index in [4.69, 9.17) is 0 Å². The molecule has 1 N–H and O–H groups in total. The molecule has 106 valence electrons. The van der Waals surface area contributed by atoms with Crippen molar-refractivity contribution in [2.75, 3.05) is 0 Å². The number of aromatic nitrogens is 2. The van der Waals surface area contributed by atoms with E-state index in [1.165, 1.54) is 6.07 Å². The molecule has 0 fully saturated rings. The lowest BCUT2D eigenvalue weighted by atomic mass is 9.99. The number of halogens is 1. The van der Waals surface area contributed by atoms with E-state index in [1.54, 1.807) is 12.1 Å². The molecular weight excluding hydrogens is 275 g/mol. The van der Waals surface area contributed by atoms with Crippen LogP contribution in [0.1, 0.15) is 0 Å². The van der Waals surface area contributed by atoms with Gasteiger partial charge >= 0.3 is 0 Å². The molecule has 4 aromatic rings. The van der Waals surface area contributed by atoms with E-state index in [-0.39, 0.29) is 5.82 Å². The third-order valence-corrected chi connectivity index (χ3v) is 3.71. The molecule has 0 radical (unpaired) electrons. The van der Waals surface area contributed by atoms with E-state index in [9.17, 15) is 4.39 Å². The molecule has 1 aromatic heterocycles. The van der Waals surface area contributed by atoms with Crippen molar-refractivity contribution in [1.82, 2.24) is 9.97 Å². The summed E-state index contributed by atoms with van der Waals surface area (Å²) in [6, 6.07) is 22.4. The van der Waals surface area contributed by atoms with Crippen molar-refractivity contribution in [2.45, 2.75) is 0 Å². The summed E-state index contributed by atoms with van der Waals surface area (Å²) >= 11 is 0. The molecule has 3 heteroatoms. The average molecular weight is 288 g/mol. The third kappa shape index (κ3) is 2.17. The van der Waals surface area contributed by atoms with E-state index >= 15 is 0 Å². The summed E-state index contributed by atoms with van der Waals surface area (Å²) < 4.78 is 13.5. The Labute approximate surface area is 127 Å². The molecule has 0 saturated carbocycles. The zero-order chi connectivity index (χ0) is 14.9. The molecule has 22 heavy (non-hydrogen) atoms. The van der Waals surface area contributed by atoms with Crippen molar-refractivity contribution in [3.63, 3.8) is 0 Å². The first-order valence-corrected chi connectivity index (χ1v) is 7.11. The summed E-state index contributed by atoms with van der Waals surface area (Å²) in [5.41, 5.74) is 4.68. The Morgan fingerprint density at radius 2 is 1.55 bits per heavy atom. The third-order valence-electron chi connectivity index (χ3n) is 3.71. The van der Waals surface area contributed by atoms with Gasteiger partial charge in [-0.25, -0.2) is 9.37 Å². The van der Waals surface area contributed by atoms with Crippen LogP contribution in [-0.2, 0) is 0 Å². The van der Waals surface area contributed by atoms with Crippen LogP contribution >= 0.6 is 0 Å². The van der Waals surface area contributed by atoms with Gasteiger partial charge in [0.25, 0.3) is 0 Å². The van der Waals surface area contributed by atoms with E-state index in [2.05, 4.69) is 9.97 Å². The first-order valence-electron chi connectivity index (χ1n) is 7.11. The predicted molar refractivity (Wildman–Crippen MR) is 86.9 cm³/mol. The van der Waals surface area contributed by atoms with E-state index in [0.717, 1.165) is 33.5 Å². The van der Waals surface area contributed by atoms with Crippen LogP contribution in [0.5, 0.6) is 0 Å². The smallest absolute Gasteiger partial charge is 0.139 e. The number of hydrogen-bond donors (Lipinski definition) is 1. The topological polar surface area (TPSA) is 28.7 Å². The van der Waals surface area contributed by atoms with Crippen LogP contribution in [0.15, 0.2) is 72.8 Å². The molecule has 2 nitrogen and oxygen atoms in total. The highest BCUT2D eigenvalue weighted by atomic mass is 19.1. The van der Waals surface area contributed by atoms with Gasteiger partial charge in [-0.2, -0.15) is 0 Å². The molecule has 0 amide bonds. The number of nitrogens with zero attached hydrogens (tertiary/aromatic N) is 1. The van der Waals surface area contributed by atoms with Crippen LogP contribution in [-0.4, -0.2) is 9.97 Å². The van der Waals surface area contributed by atoms with Gasteiger partial charge in [0.15, 0.2) is 0 Å². The SMILES string of the molecule is Fc1cccc(-c2ccccc2-c2nc3ccccc3[nH]2)c1. The first kappa shape index (κ1) is 12.8. The summed E-state index contributed by atoms with van der Waals surface area (Å²) in [6.07, 6.45) is 0. The van der Waals surface area contributed by atoms with Gasteiger partial charge < -0.3 is 4.98 Å². The molecule has 3 aromatic carbocycles. The fourth-order valence-corrected chi connectivity index (χ4v) is 2.68. The van der Waals surface area contributed by atoms with Crippen molar-refractivity contribution in [2.24, 2.45) is 0 Å². The highest BCUT2D eigenvalue weighted by Gasteiger charge is 2.11. The molecule has 0 saturated heterocycles. The van der Waals surface area contributed by atoms with Gasteiger partial charge in [-0.15, -0.1) is 0 Å². The molecule has 0 aliphatic heterocycles. The Bertz CT molecular complexity index is 923. The summed E-state index contributed by atoms with van der Waals surface area (Å²) in [6.45, 7) is 0. The Morgan fingerprint density at radius 1 is 0.773 bits per heavy atom. The van der Waals surface area contributed by atoms with Crippen LogP contribution in [0.4, 0.5) is 4.39 Å². The van der Waals surface area contributed by atoms with E-state index < -0.39 is 0 Å². The largest absolute Gasteiger partial charge is 0.338 e. The van der Waals surface area contributed by atoms with Crippen LogP contribution in [0.3, 0.4) is 0 Å². The van der Waals surface area contributed by atoms with Crippen molar-refractivity contribution in [3.8, 4) is 22.5 Å². The lowest BCUT2D eigenvalue weighted by Gasteiger charge is -2.07. The Balaban J connectivity index is 1.92. The average Bonchev–Trinajstić information content (AvgIpc) is 2.99. The lowest BCUT2D eigenvalue weighted by Crippen LogP contribution is -1.87. The minimum absolute atomic E-state index is 0.239. The van der Waals surface area contributed by atoms with Gasteiger partial charge in [0.05, 0.1) is 11.0 Å². The van der Waals surface area contributed by atoms with Crippen LogP contribution in [0.25, 0.3) is 33.5 Å². The van der Waals surface area contributed by atoms with Crippen molar-refractivity contribution in [3.05, 3.63) is 78.6 Å². The minimum Gasteiger partial charge on any atom is -0.338 e. The van der Waals surface area contributed by atoms with Gasteiger partial charge in [0.2, 0.25) is 0 Å². The maximum absolute atomic E-state index is 13.5. The van der Waals surface area contributed by atoms with Gasteiger partial charge in [-0.05, 0) is 35.4 Å². The number of benzene rings is 3. The number of para-hydroxylation sites is 2.